The summed E-state index contributed by atoms with van der Waals surface area (Å²) in [6.45, 7) is 7.23. The molecule has 1 aromatic heterocycles. The maximum absolute atomic E-state index is 11.0. The molecule has 0 saturated carbocycles. The van der Waals surface area contributed by atoms with E-state index < -0.39 is 5.97 Å². The Morgan fingerprint density at radius 1 is 1.47 bits per heavy atom. The Kier molecular flexibility index (Phi) is 3.75. The molecule has 1 aromatic carbocycles. The molecule has 19 heavy (non-hydrogen) atoms. The number of carboxylic acid groups (broad SMARTS) is 1. The van der Waals surface area contributed by atoms with Crippen molar-refractivity contribution >= 4 is 22.7 Å². The molecule has 5 heteroatoms. The first-order chi connectivity index (χ1) is 9.17. The highest BCUT2D eigenvalue weighted by Gasteiger charge is 2.11. The fraction of sp³-hybridized carbons (Fsp3) is 0.214. The molecule has 1 heterocycles. The van der Waals surface area contributed by atoms with Crippen LogP contribution in [-0.2, 0) is 0 Å². The quantitative estimate of drug-likeness (QED) is 0.833. The molecule has 0 amide bonds. The van der Waals surface area contributed by atoms with Crippen LogP contribution in [0.2, 0.25) is 0 Å². The highest BCUT2D eigenvalue weighted by atomic mass is 16.4. The van der Waals surface area contributed by atoms with Crippen molar-refractivity contribution in [2.75, 3.05) is 18.0 Å². The van der Waals surface area contributed by atoms with E-state index in [1.807, 2.05) is 13.0 Å². The third-order valence-electron chi connectivity index (χ3n) is 2.89. The molecule has 2 rings (SSSR count). The van der Waals surface area contributed by atoms with E-state index in [4.69, 9.17) is 5.11 Å². The van der Waals surface area contributed by atoms with E-state index in [0.29, 0.717) is 12.1 Å². The van der Waals surface area contributed by atoms with Crippen LogP contribution in [0.15, 0.2) is 37.2 Å². The molecule has 0 aliphatic rings. The molecule has 0 unspecified atom stereocenters. The van der Waals surface area contributed by atoms with Crippen molar-refractivity contribution in [1.29, 1.82) is 0 Å². The largest absolute Gasteiger partial charge is 0.478 e. The summed E-state index contributed by atoms with van der Waals surface area (Å²) < 4.78 is 0. The highest BCUT2D eigenvalue weighted by molar-refractivity contribution is 5.96. The van der Waals surface area contributed by atoms with Crippen molar-refractivity contribution in [3.8, 4) is 0 Å². The van der Waals surface area contributed by atoms with E-state index >= 15 is 0 Å². The summed E-state index contributed by atoms with van der Waals surface area (Å²) in [7, 11) is 0. The average molecular weight is 257 g/mol. The van der Waals surface area contributed by atoms with E-state index in [0.717, 1.165) is 17.7 Å². The number of aromatic nitrogens is 2. The van der Waals surface area contributed by atoms with Gasteiger partial charge in [0.25, 0.3) is 0 Å². The minimum absolute atomic E-state index is 0.226. The number of benzene rings is 1. The van der Waals surface area contributed by atoms with Crippen molar-refractivity contribution in [1.82, 2.24) is 9.97 Å². The monoisotopic (exact) mass is 257 g/mol. The number of hydrogen-bond acceptors (Lipinski definition) is 4. The summed E-state index contributed by atoms with van der Waals surface area (Å²) in [6.07, 6.45) is 3.26. The Balaban J connectivity index is 2.57. The predicted octanol–water partition coefficient (Wildman–Crippen LogP) is 2.34. The lowest BCUT2D eigenvalue weighted by atomic mass is 10.1. The van der Waals surface area contributed by atoms with Crippen LogP contribution >= 0.6 is 0 Å². The lowest BCUT2D eigenvalue weighted by molar-refractivity contribution is 0.0697. The van der Waals surface area contributed by atoms with Crippen LogP contribution in [0.1, 0.15) is 17.3 Å². The van der Waals surface area contributed by atoms with Gasteiger partial charge in [0, 0.05) is 18.5 Å². The van der Waals surface area contributed by atoms with Crippen LogP contribution in [-0.4, -0.2) is 34.1 Å². The molecule has 0 fully saturated rings. The van der Waals surface area contributed by atoms with Crippen molar-refractivity contribution < 1.29 is 9.90 Å². The minimum Gasteiger partial charge on any atom is -0.478 e. The molecular formula is C14H15N3O2. The maximum atomic E-state index is 11.0. The minimum atomic E-state index is -0.958. The second-order valence-electron chi connectivity index (χ2n) is 4.06. The molecule has 98 valence electrons. The molecule has 0 spiro atoms. The fourth-order valence-electron chi connectivity index (χ4n) is 1.95. The first kappa shape index (κ1) is 13.0. The number of hydrogen-bond donors (Lipinski definition) is 1. The van der Waals surface area contributed by atoms with E-state index in [1.165, 1.54) is 6.33 Å². The Hall–Kier alpha value is -2.43. The van der Waals surface area contributed by atoms with Gasteiger partial charge in [0.05, 0.1) is 11.1 Å². The van der Waals surface area contributed by atoms with Crippen LogP contribution in [0.5, 0.6) is 0 Å². The van der Waals surface area contributed by atoms with Crippen molar-refractivity contribution in [3.63, 3.8) is 0 Å². The van der Waals surface area contributed by atoms with Crippen LogP contribution in [0, 0.1) is 0 Å². The Morgan fingerprint density at radius 3 is 2.89 bits per heavy atom. The second kappa shape index (κ2) is 5.48. The molecule has 0 atom stereocenters. The topological polar surface area (TPSA) is 66.3 Å². The van der Waals surface area contributed by atoms with Gasteiger partial charge in [-0.05, 0) is 25.1 Å². The molecule has 0 radical (unpaired) electrons. The normalized spacial score (nSPS) is 10.4. The third kappa shape index (κ3) is 2.54. The van der Waals surface area contributed by atoms with Crippen LogP contribution in [0.25, 0.3) is 10.9 Å². The standard InChI is InChI=1S/C14H15N3O2/c1-3-7-17(4-2)13-11-6-5-10(14(18)19)8-12(11)15-9-16-13/h3,5-6,8-9H,1,4,7H2,2H3,(H,18,19). The number of carboxylic acids is 1. The van der Waals surface area contributed by atoms with Gasteiger partial charge in [-0.1, -0.05) is 6.08 Å². The van der Waals surface area contributed by atoms with Gasteiger partial charge in [-0.3, -0.25) is 0 Å². The molecule has 0 aliphatic carbocycles. The van der Waals surface area contributed by atoms with Crippen molar-refractivity contribution in [2.45, 2.75) is 6.92 Å². The molecule has 0 saturated heterocycles. The number of nitrogens with zero attached hydrogens (tertiary/aromatic N) is 3. The van der Waals surface area contributed by atoms with Gasteiger partial charge in [-0.15, -0.1) is 6.58 Å². The summed E-state index contributed by atoms with van der Waals surface area (Å²) in [5.74, 6) is -0.162. The fourth-order valence-corrected chi connectivity index (χ4v) is 1.95. The van der Waals surface area contributed by atoms with E-state index in [1.54, 1.807) is 18.2 Å². The smallest absolute Gasteiger partial charge is 0.335 e. The number of aromatic carboxylic acids is 1. The van der Waals surface area contributed by atoms with Gasteiger partial charge in [-0.2, -0.15) is 0 Å². The average Bonchev–Trinajstić information content (AvgIpc) is 2.43. The van der Waals surface area contributed by atoms with Crippen LogP contribution < -0.4 is 4.90 Å². The first-order valence-corrected chi connectivity index (χ1v) is 6.01. The first-order valence-electron chi connectivity index (χ1n) is 6.01. The highest BCUT2D eigenvalue weighted by Crippen LogP contribution is 2.23. The zero-order valence-corrected chi connectivity index (χ0v) is 10.7. The van der Waals surface area contributed by atoms with Crippen LogP contribution in [0.3, 0.4) is 0 Å². The van der Waals surface area contributed by atoms with E-state index in [2.05, 4.69) is 21.4 Å². The Labute approximate surface area is 111 Å². The van der Waals surface area contributed by atoms with Gasteiger partial charge in [0.2, 0.25) is 0 Å². The van der Waals surface area contributed by atoms with Gasteiger partial charge in [0.1, 0.15) is 12.1 Å². The number of fused-ring (bicyclic) bond motifs is 1. The van der Waals surface area contributed by atoms with Gasteiger partial charge >= 0.3 is 5.97 Å². The number of rotatable bonds is 5. The van der Waals surface area contributed by atoms with Gasteiger partial charge < -0.3 is 10.0 Å². The van der Waals surface area contributed by atoms with Crippen molar-refractivity contribution in [3.05, 3.63) is 42.7 Å². The van der Waals surface area contributed by atoms with Crippen LogP contribution in [0.4, 0.5) is 5.82 Å². The molecule has 2 aromatic rings. The summed E-state index contributed by atoms with van der Waals surface area (Å²) >= 11 is 0. The van der Waals surface area contributed by atoms with Crippen molar-refractivity contribution in [2.24, 2.45) is 0 Å². The summed E-state index contributed by atoms with van der Waals surface area (Å²) in [6, 6.07) is 4.88. The Bertz CT molecular complexity index is 625. The van der Waals surface area contributed by atoms with E-state index in [9.17, 15) is 4.79 Å². The summed E-state index contributed by atoms with van der Waals surface area (Å²) in [5.41, 5.74) is 0.858. The zero-order chi connectivity index (χ0) is 13.8. The van der Waals surface area contributed by atoms with Gasteiger partial charge in [0.15, 0.2) is 0 Å². The number of likely N-dealkylation sites (N-methyl/N-ethyl adjacent to an activating group) is 1. The second-order valence-corrected chi connectivity index (χ2v) is 4.06. The molecule has 5 nitrogen and oxygen atoms in total. The molecular weight excluding hydrogens is 242 g/mol. The molecule has 0 aliphatic heterocycles. The zero-order valence-electron chi connectivity index (χ0n) is 10.7. The third-order valence-corrected chi connectivity index (χ3v) is 2.89. The van der Waals surface area contributed by atoms with E-state index in [-0.39, 0.29) is 5.56 Å². The summed E-state index contributed by atoms with van der Waals surface area (Å²) in [5, 5.41) is 9.83. The number of anilines is 1. The van der Waals surface area contributed by atoms with Gasteiger partial charge in [-0.25, -0.2) is 14.8 Å². The maximum Gasteiger partial charge on any atom is 0.335 e. The Morgan fingerprint density at radius 2 is 2.26 bits per heavy atom. The predicted molar refractivity (Wildman–Crippen MR) is 74.6 cm³/mol. The lowest BCUT2D eigenvalue weighted by Gasteiger charge is -2.21. The summed E-state index contributed by atoms with van der Waals surface area (Å²) in [4.78, 5) is 21.4. The number of carbonyl (C=O) groups is 1. The SMILES string of the molecule is C=CCN(CC)c1ncnc2cc(C(=O)O)ccc12. The lowest BCUT2D eigenvalue weighted by Crippen LogP contribution is -2.23. The molecule has 1 N–H and O–H groups in total. The molecule has 0 bridgehead atoms.